The number of carbonyl (C=O) groups excluding carboxylic acids is 1. The van der Waals surface area contributed by atoms with Gasteiger partial charge in [-0.1, -0.05) is 34.4 Å². The number of hydrogen-bond acceptors (Lipinski definition) is 4. The van der Waals surface area contributed by atoms with Gasteiger partial charge in [0.25, 0.3) is 0 Å². The topological polar surface area (TPSA) is 63.6 Å². The molecule has 0 atom stereocenters. The van der Waals surface area contributed by atoms with Gasteiger partial charge in [0.15, 0.2) is 0 Å². The Labute approximate surface area is 148 Å². The van der Waals surface area contributed by atoms with Crippen molar-refractivity contribution < 1.29 is 14.0 Å². The van der Waals surface area contributed by atoms with E-state index in [0.717, 1.165) is 0 Å². The standard InChI is InChI=1S/C16H14Cl2FN3O2/c1-24-22-14(10-2-4-12(17)13(18)8-10)5-7-16(23)21-11-3-6-15(19)20-9-11/h2-4,6,8-9H,5,7H2,1H3,(H,21,23)/b22-14+. The molecule has 0 aliphatic carbocycles. The average Bonchev–Trinajstić information content (AvgIpc) is 2.56. The number of pyridine rings is 1. The first kappa shape index (κ1) is 18.2. The van der Waals surface area contributed by atoms with E-state index >= 15 is 0 Å². The number of halogens is 3. The number of benzene rings is 1. The summed E-state index contributed by atoms with van der Waals surface area (Å²) in [4.78, 5) is 20.3. The van der Waals surface area contributed by atoms with Crippen molar-refractivity contribution in [2.75, 3.05) is 12.4 Å². The van der Waals surface area contributed by atoms with Crippen LogP contribution in [0.25, 0.3) is 0 Å². The summed E-state index contributed by atoms with van der Waals surface area (Å²) in [5, 5.41) is 7.37. The Bertz CT molecular complexity index is 751. The Morgan fingerprint density at radius 3 is 2.67 bits per heavy atom. The van der Waals surface area contributed by atoms with Crippen molar-refractivity contribution in [2.45, 2.75) is 12.8 Å². The summed E-state index contributed by atoms with van der Waals surface area (Å²) >= 11 is 11.9. The fraction of sp³-hybridized carbons (Fsp3) is 0.188. The van der Waals surface area contributed by atoms with Gasteiger partial charge >= 0.3 is 0 Å². The van der Waals surface area contributed by atoms with Crippen molar-refractivity contribution in [2.24, 2.45) is 5.16 Å². The van der Waals surface area contributed by atoms with E-state index in [9.17, 15) is 9.18 Å². The monoisotopic (exact) mass is 369 g/mol. The molecule has 0 bridgehead atoms. The lowest BCUT2D eigenvalue weighted by Gasteiger charge is -2.08. The first-order valence-corrected chi connectivity index (χ1v) is 7.72. The van der Waals surface area contributed by atoms with Crippen molar-refractivity contribution in [3.8, 4) is 0 Å². The lowest BCUT2D eigenvalue weighted by atomic mass is 10.1. The number of rotatable bonds is 6. The Morgan fingerprint density at radius 1 is 1.25 bits per heavy atom. The molecule has 0 unspecified atom stereocenters. The zero-order chi connectivity index (χ0) is 17.5. The minimum Gasteiger partial charge on any atom is -0.399 e. The molecule has 2 aromatic rings. The van der Waals surface area contributed by atoms with Crippen LogP contribution in [0.2, 0.25) is 10.0 Å². The molecular weight excluding hydrogens is 356 g/mol. The van der Waals surface area contributed by atoms with Crippen LogP contribution in [0.5, 0.6) is 0 Å². The average molecular weight is 370 g/mol. The maximum atomic E-state index is 12.7. The third kappa shape index (κ3) is 5.18. The van der Waals surface area contributed by atoms with Crippen LogP contribution in [-0.4, -0.2) is 23.7 Å². The van der Waals surface area contributed by atoms with Gasteiger partial charge in [0, 0.05) is 18.4 Å². The lowest BCUT2D eigenvalue weighted by molar-refractivity contribution is -0.116. The van der Waals surface area contributed by atoms with Gasteiger partial charge in [-0.3, -0.25) is 4.79 Å². The molecule has 1 amide bonds. The van der Waals surface area contributed by atoms with Crippen molar-refractivity contribution in [3.63, 3.8) is 0 Å². The highest BCUT2D eigenvalue weighted by atomic mass is 35.5. The van der Waals surface area contributed by atoms with Crippen LogP contribution < -0.4 is 5.32 Å². The van der Waals surface area contributed by atoms with Gasteiger partial charge in [0.05, 0.1) is 27.6 Å². The Morgan fingerprint density at radius 2 is 2.04 bits per heavy atom. The van der Waals surface area contributed by atoms with Crippen molar-refractivity contribution in [3.05, 3.63) is 58.1 Å². The van der Waals surface area contributed by atoms with Crippen molar-refractivity contribution in [1.29, 1.82) is 0 Å². The number of amides is 1. The molecule has 0 aliphatic rings. The number of anilines is 1. The third-order valence-corrected chi connectivity index (χ3v) is 3.79. The van der Waals surface area contributed by atoms with Crippen LogP contribution in [0.4, 0.5) is 10.1 Å². The van der Waals surface area contributed by atoms with Gasteiger partial charge in [-0.25, -0.2) is 4.98 Å². The summed E-state index contributed by atoms with van der Waals surface area (Å²) in [6.45, 7) is 0. The molecule has 1 aromatic heterocycles. The second kappa shape index (κ2) is 8.61. The normalized spacial score (nSPS) is 11.2. The van der Waals surface area contributed by atoms with Crippen LogP contribution in [0.3, 0.4) is 0 Å². The minimum atomic E-state index is -0.609. The first-order valence-electron chi connectivity index (χ1n) is 6.96. The molecule has 0 aliphatic heterocycles. The number of carbonyl (C=O) groups is 1. The van der Waals surface area contributed by atoms with E-state index in [-0.39, 0.29) is 12.3 Å². The number of oxime groups is 1. The highest BCUT2D eigenvalue weighted by Gasteiger charge is 2.11. The molecule has 8 heteroatoms. The predicted molar refractivity (Wildman–Crippen MR) is 92.1 cm³/mol. The zero-order valence-corrected chi connectivity index (χ0v) is 14.2. The number of nitrogens with zero attached hydrogens (tertiary/aromatic N) is 2. The second-order valence-corrected chi connectivity index (χ2v) is 5.58. The van der Waals surface area contributed by atoms with Crippen LogP contribution >= 0.6 is 23.2 Å². The van der Waals surface area contributed by atoms with Crippen LogP contribution in [0.1, 0.15) is 18.4 Å². The Hall–Kier alpha value is -2.18. The second-order valence-electron chi connectivity index (χ2n) is 4.77. The third-order valence-electron chi connectivity index (χ3n) is 3.05. The van der Waals surface area contributed by atoms with Crippen molar-refractivity contribution in [1.82, 2.24) is 4.98 Å². The van der Waals surface area contributed by atoms with Crippen LogP contribution in [-0.2, 0) is 9.63 Å². The van der Waals surface area contributed by atoms with Crippen LogP contribution in [0, 0.1) is 5.95 Å². The van der Waals surface area contributed by atoms with Gasteiger partial charge in [-0.15, -0.1) is 0 Å². The van der Waals surface area contributed by atoms with E-state index in [1.165, 1.54) is 25.4 Å². The molecular formula is C16H14Cl2FN3O2. The molecule has 1 N–H and O–H groups in total. The summed E-state index contributed by atoms with van der Waals surface area (Å²) < 4.78 is 12.7. The van der Waals surface area contributed by atoms with E-state index in [1.54, 1.807) is 18.2 Å². The largest absolute Gasteiger partial charge is 0.399 e. The van der Waals surface area contributed by atoms with Gasteiger partial charge in [-0.05, 0) is 24.3 Å². The van der Waals surface area contributed by atoms with Gasteiger partial charge in [0.2, 0.25) is 11.9 Å². The number of aromatic nitrogens is 1. The zero-order valence-electron chi connectivity index (χ0n) is 12.7. The molecule has 0 spiro atoms. The molecule has 1 aromatic carbocycles. The Balaban J connectivity index is 2.00. The minimum absolute atomic E-state index is 0.153. The summed E-state index contributed by atoms with van der Waals surface area (Å²) in [6.07, 6.45) is 1.72. The fourth-order valence-corrected chi connectivity index (χ4v) is 2.23. The summed E-state index contributed by atoms with van der Waals surface area (Å²) in [6, 6.07) is 7.65. The van der Waals surface area contributed by atoms with E-state index in [1.807, 2.05) is 0 Å². The predicted octanol–water partition coefficient (Wildman–Crippen LogP) is 4.30. The number of nitrogens with one attached hydrogen (secondary N) is 1. The maximum Gasteiger partial charge on any atom is 0.224 e. The number of hydrogen-bond donors (Lipinski definition) is 1. The highest BCUT2D eigenvalue weighted by molar-refractivity contribution is 6.42. The lowest BCUT2D eigenvalue weighted by Crippen LogP contribution is -2.14. The highest BCUT2D eigenvalue weighted by Crippen LogP contribution is 2.23. The molecule has 24 heavy (non-hydrogen) atoms. The van der Waals surface area contributed by atoms with E-state index in [4.69, 9.17) is 28.0 Å². The van der Waals surface area contributed by atoms with E-state index in [0.29, 0.717) is 33.4 Å². The smallest absolute Gasteiger partial charge is 0.224 e. The molecule has 2 rings (SSSR count). The molecule has 5 nitrogen and oxygen atoms in total. The molecule has 0 saturated carbocycles. The molecule has 0 fully saturated rings. The van der Waals surface area contributed by atoms with Crippen LogP contribution in [0.15, 0.2) is 41.7 Å². The molecule has 126 valence electrons. The first-order chi connectivity index (χ1) is 11.5. The summed E-state index contributed by atoms with van der Waals surface area (Å²) in [5.74, 6) is -0.866. The molecule has 1 heterocycles. The van der Waals surface area contributed by atoms with Gasteiger partial charge in [-0.2, -0.15) is 4.39 Å². The summed E-state index contributed by atoms with van der Waals surface area (Å²) in [7, 11) is 1.42. The molecule has 0 radical (unpaired) electrons. The van der Waals surface area contributed by atoms with Gasteiger partial charge < -0.3 is 10.2 Å². The van der Waals surface area contributed by atoms with Crippen molar-refractivity contribution >= 4 is 40.5 Å². The maximum absolute atomic E-state index is 12.7. The molecule has 0 saturated heterocycles. The Kier molecular flexibility index (Phi) is 6.52. The SMILES string of the molecule is CO/N=C(\CCC(=O)Nc1ccc(F)nc1)c1ccc(Cl)c(Cl)c1. The van der Waals surface area contributed by atoms with E-state index in [2.05, 4.69) is 15.5 Å². The van der Waals surface area contributed by atoms with Gasteiger partial charge in [0.1, 0.15) is 7.11 Å². The fourth-order valence-electron chi connectivity index (χ4n) is 1.93. The quantitative estimate of drug-likeness (QED) is 0.469. The summed E-state index contributed by atoms with van der Waals surface area (Å²) in [5.41, 5.74) is 1.69. The van der Waals surface area contributed by atoms with E-state index < -0.39 is 5.95 Å².